The lowest BCUT2D eigenvalue weighted by atomic mass is 10.1. The third-order valence-corrected chi connectivity index (χ3v) is 5.67. The fraction of sp³-hybridized carbons (Fsp3) is 0.476. The summed E-state index contributed by atoms with van der Waals surface area (Å²) in [6.07, 6.45) is 3.20. The maximum absolute atomic E-state index is 14.6. The van der Waals surface area contributed by atoms with Gasteiger partial charge in [-0.05, 0) is 57.2 Å². The van der Waals surface area contributed by atoms with Gasteiger partial charge in [-0.1, -0.05) is 6.07 Å². The normalized spacial score (nSPS) is 17.0. The molecule has 6 nitrogen and oxygen atoms in total. The predicted octanol–water partition coefficient (Wildman–Crippen LogP) is 2.50. The van der Waals surface area contributed by atoms with Crippen LogP contribution in [0, 0.1) is 12.7 Å². The highest BCUT2D eigenvalue weighted by Crippen LogP contribution is 2.30. The molecule has 1 aliphatic heterocycles. The minimum absolute atomic E-state index is 0.0333. The topological polar surface area (TPSA) is 58.4 Å². The van der Waals surface area contributed by atoms with Crippen molar-refractivity contribution in [2.75, 3.05) is 26.2 Å². The molecule has 148 valence electrons. The molecule has 0 saturated carbocycles. The zero-order chi connectivity index (χ0) is 19.8. The first-order chi connectivity index (χ1) is 13.5. The van der Waals surface area contributed by atoms with Crippen molar-refractivity contribution in [3.63, 3.8) is 0 Å². The van der Waals surface area contributed by atoms with Crippen LogP contribution >= 0.6 is 0 Å². The van der Waals surface area contributed by atoms with E-state index in [2.05, 4.69) is 5.10 Å². The maximum atomic E-state index is 14.6. The van der Waals surface area contributed by atoms with E-state index in [0.29, 0.717) is 31.0 Å². The zero-order valence-electron chi connectivity index (χ0n) is 16.4. The van der Waals surface area contributed by atoms with Gasteiger partial charge in [-0.3, -0.25) is 9.59 Å². The number of carbonyl (C=O) groups is 2. The van der Waals surface area contributed by atoms with Crippen molar-refractivity contribution < 1.29 is 14.0 Å². The molecule has 7 heteroatoms. The van der Waals surface area contributed by atoms with Crippen molar-refractivity contribution in [2.45, 2.75) is 39.5 Å². The van der Waals surface area contributed by atoms with Gasteiger partial charge in [0.15, 0.2) is 5.69 Å². The smallest absolute Gasteiger partial charge is 0.275 e. The summed E-state index contributed by atoms with van der Waals surface area (Å²) in [6, 6.07) is 5.03. The fourth-order valence-electron chi connectivity index (χ4n) is 4.17. The van der Waals surface area contributed by atoms with Crippen LogP contribution in [0.5, 0.6) is 0 Å². The molecule has 28 heavy (non-hydrogen) atoms. The van der Waals surface area contributed by atoms with Crippen LogP contribution < -0.4 is 0 Å². The molecule has 2 aromatic rings. The molecule has 1 fully saturated rings. The predicted molar refractivity (Wildman–Crippen MR) is 103 cm³/mol. The second kappa shape index (κ2) is 7.37. The number of rotatable bonds is 3. The second-order valence-electron chi connectivity index (χ2n) is 7.55. The number of benzene rings is 1. The lowest BCUT2D eigenvalue weighted by Crippen LogP contribution is -2.39. The molecular weight excluding hydrogens is 359 g/mol. The molecule has 4 rings (SSSR count). The largest absolute Gasteiger partial charge is 0.341 e. The van der Waals surface area contributed by atoms with Crippen LogP contribution in [-0.2, 0) is 17.6 Å². The number of hydrogen-bond acceptors (Lipinski definition) is 3. The monoisotopic (exact) mass is 384 g/mol. The van der Waals surface area contributed by atoms with Crippen LogP contribution in [-0.4, -0.2) is 57.6 Å². The lowest BCUT2D eigenvalue weighted by molar-refractivity contribution is -0.130. The average Bonchev–Trinajstić information content (AvgIpc) is 3.21. The van der Waals surface area contributed by atoms with Gasteiger partial charge in [0.2, 0.25) is 5.91 Å². The van der Waals surface area contributed by atoms with Crippen molar-refractivity contribution in [2.24, 2.45) is 0 Å². The van der Waals surface area contributed by atoms with E-state index >= 15 is 0 Å². The van der Waals surface area contributed by atoms with Crippen LogP contribution in [0.3, 0.4) is 0 Å². The Morgan fingerprint density at radius 1 is 1.21 bits per heavy atom. The first-order valence-corrected chi connectivity index (χ1v) is 9.94. The van der Waals surface area contributed by atoms with Crippen molar-refractivity contribution >= 4 is 11.8 Å². The molecule has 2 amide bonds. The molecule has 2 heterocycles. The summed E-state index contributed by atoms with van der Waals surface area (Å²) < 4.78 is 16.1. The third kappa shape index (κ3) is 3.19. The van der Waals surface area contributed by atoms with E-state index in [-0.39, 0.29) is 24.2 Å². The molecule has 1 aromatic heterocycles. The number of fused-ring (bicyclic) bond motifs is 1. The molecule has 0 N–H and O–H groups in total. The average molecular weight is 384 g/mol. The Labute approximate surface area is 163 Å². The van der Waals surface area contributed by atoms with E-state index in [0.717, 1.165) is 42.5 Å². The van der Waals surface area contributed by atoms with Crippen molar-refractivity contribution in [1.82, 2.24) is 19.6 Å². The highest BCUT2D eigenvalue weighted by molar-refractivity contribution is 5.96. The summed E-state index contributed by atoms with van der Waals surface area (Å²) in [4.78, 5) is 29.0. The Bertz CT molecular complexity index is 937. The van der Waals surface area contributed by atoms with Gasteiger partial charge in [-0.15, -0.1) is 0 Å². The van der Waals surface area contributed by atoms with E-state index in [9.17, 15) is 14.0 Å². The number of hydrogen-bond donors (Lipinski definition) is 0. The van der Waals surface area contributed by atoms with Gasteiger partial charge in [0.25, 0.3) is 5.91 Å². The highest BCUT2D eigenvalue weighted by Gasteiger charge is 2.32. The van der Waals surface area contributed by atoms with Gasteiger partial charge in [0, 0.05) is 30.9 Å². The fourth-order valence-corrected chi connectivity index (χ4v) is 4.17. The Balaban J connectivity index is 1.69. The van der Waals surface area contributed by atoms with Gasteiger partial charge in [-0.25, -0.2) is 9.07 Å². The van der Waals surface area contributed by atoms with E-state index in [1.807, 2.05) is 19.9 Å². The standard InChI is InChI=1S/C21H25FN4O2/c1-3-24-10-5-11-25(13-19(24)27)21(28)20-15-6-4-7-17(15)26(23-20)18-9-8-14(2)12-16(18)22/h8-9,12H,3-7,10-11,13H2,1-2H3. The number of carbonyl (C=O) groups excluding carboxylic acids is 2. The van der Waals surface area contributed by atoms with E-state index in [4.69, 9.17) is 0 Å². The van der Waals surface area contributed by atoms with E-state index < -0.39 is 0 Å². The van der Waals surface area contributed by atoms with Crippen LogP contribution in [0.15, 0.2) is 18.2 Å². The first kappa shape index (κ1) is 18.7. The van der Waals surface area contributed by atoms with E-state index in [1.165, 1.54) is 6.07 Å². The Hall–Kier alpha value is -2.70. The summed E-state index contributed by atoms with van der Waals surface area (Å²) in [6.45, 7) is 5.71. The second-order valence-corrected chi connectivity index (χ2v) is 7.55. The molecule has 0 unspecified atom stereocenters. The summed E-state index contributed by atoms with van der Waals surface area (Å²) in [5.41, 5.74) is 3.37. The summed E-state index contributed by atoms with van der Waals surface area (Å²) in [7, 11) is 0. The van der Waals surface area contributed by atoms with Crippen LogP contribution in [0.25, 0.3) is 5.69 Å². The van der Waals surface area contributed by atoms with Gasteiger partial charge < -0.3 is 9.80 Å². The van der Waals surface area contributed by atoms with Crippen LogP contribution in [0.2, 0.25) is 0 Å². The van der Waals surface area contributed by atoms with Gasteiger partial charge in [-0.2, -0.15) is 5.10 Å². The molecule has 1 aromatic carbocycles. The van der Waals surface area contributed by atoms with Crippen molar-refractivity contribution in [3.05, 3.63) is 46.5 Å². The molecule has 2 aliphatic rings. The molecule has 0 bridgehead atoms. The Kier molecular flexibility index (Phi) is 4.91. The summed E-state index contributed by atoms with van der Waals surface area (Å²) in [5, 5.41) is 4.52. The minimum Gasteiger partial charge on any atom is -0.341 e. The molecule has 1 saturated heterocycles. The number of aryl methyl sites for hydroxylation is 1. The third-order valence-electron chi connectivity index (χ3n) is 5.67. The molecule has 0 spiro atoms. The van der Waals surface area contributed by atoms with Gasteiger partial charge in [0.1, 0.15) is 18.0 Å². The molecule has 1 aliphatic carbocycles. The number of halogens is 1. The summed E-state index contributed by atoms with van der Waals surface area (Å²) >= 11 is 0. The maximum Gasteiger partial charge on any atom is 0.275 e. The Morgan fingerprint density at radius 3 is 2.79 bits per heavy atom. The van der Waals surface area contributed by atoms with E-state index in [1.54, 1.807) is 20.5 Å². The number of aromatic nitrogens is 2. The number of amides is 2. The van der Waals surface area contributed by atoms with Crippen molar-refractivity contribution in [1.29, 1.82) is 0 Å². The molecule has 0 radical (unpaired) electrons. The van der Waals surface area contributed by atoms with Crippen molar-refractivity contribution in [3.8, 4) is 5.69 Å². The van der Waals surface area contributed by atoms with Gasteiger partial charge >= 0.3 is 0 Å². The molecule has 0 atom stereocenters. The van der Waals surface area contributed by atoms with Crippen LogP contribution in [0.1, 0.15) is 47.1 Å². The van der Waals surface area contributed by atoms with Crippen LogP contribution in [0.4, 0.5) is 4.39 Å². The Morgan fingerprint density at radius 2 is 2.04 bits per heavy atom. The number of likely N-dealkylation sites (N-methyl/N-ethyl adjacent to an activating group) is 1. The highest BCUT2D eigenvalue weighted by atomic mass is 19.1. The minimum atomic E-state index is -0.347. The SMILES string of the molecule is CCN1CCCN(C(=O)c2nn(-c3ccc(C)cc3F)c3c2CCC3)CC1=O. The molecular formula is C21H25FN4O2. The number of nitrogens with zero attached hydrogens (tertiary/aromatic N) is 4. The van der Waals surface area contributed by atoms with Gasteiger partial charge in [0.05, 0.1) is 0 Å². The quantitative estimate of drug-likeness (QED) is 0.817. The first-order valence-electron chi connectivity index (χ1n) is 9.94. The summed E-state index contributed by atoms with van der Waals surface area (Å²) in [5.74, 6) is -0.607. The zero-order valence-corrected chi connectivity index (χ0v) is 16.4. The lowest BCUT2D eigenvalue weighted by Gasteiger charge is -2.20.